The van der Waals surface area contributed by atoms with E-state index in [1.165, 1.54) is 0 Å². The quantitative estimate of drug-likeness (QED) is 0.688. The highest BCUT2D eigenvalue weighted by Gasteiger charge is 2.20. The van der Waals surface area contributed by atoms with Gasteiger partial charge in [-0.25, -0.2) is 4.98 Å². The SMILES string of the molecule is CC(C)CC(NC(=O)c1cncc(Br)c1)c1nc2ccccc2[nH]1. The number of hydrogen-bond donors (Lipinski definition) is 2. The van der Waals surface area contributed by atoms with Crippen molar-refractivity contribution in [3.8, 4) is 0 Å². The summed E-state index contributed by atoms with van der Waals surface area (Å²) in [5.74, 6) is 1.04. The molecule has 1 aromatic carbocycles. The number of carbonyl (C=O) groups is 1. The van der Waals surface area contributed by atoms with E-state index in [-0.39, 0.29) is 11.9 Å². The lowest BCUT2D eigenvalue weighted by molar-refractivity contribution is 0.0929. The van der Waals surface area contributed by atoms with Crippen LogP contribution in [0.2, 0.25) is 0 Å². The molecule has 3 rings (SSSR count). The van der Waals surface area contributed by atoms with Gasteiger partial charge in [0.1, 0.15) is 5.82 Å². The molecule has 0 aliphatic heterocycles. The number of halogens is 1. The number of H-pyrrole nitrogens is 1. The molecule has 0 radical (unpaired) electrons. The largest absolute Gasteiger partial charge is 0.342 e. The van der Waals surface area contributed by atoms with Gasteiger partial charge in [-0.3, -0.25) is 9.78 Å². The highest BCUT2D eigenvalue weighted by molar-refractivity contribution is 9.10. The van der Waals surface area contributed by atoms with E-state index in [1.807, 2.05) is 24.3 Å². The zero-order valence-electron chi connectivity index (χ0n) is 13.6. The highest BCUT2D eigenvalue weighted by atomic mass is 79.9. The summed E-state index contributed by atoms with van der Waals surface area (Å²) in [6.07, 6.45) is 4.01. The molecule has 0 saturated heterocycles. The molecule has 24 heavy (non-hydrogen) atoms. The number of aromatic nitrogens is 3. The van der Waals surface area contributed by atoms with Gasteiger partial charge in [0.2, 0.25) is 0 Å². The predicted octanol–water partition coefficient (Wildman–Crippen LogP) is 4.24. The van der Waals surface area contributed by atoms with Gasteiger partial charge in [-0.15, -0.1) is 0 Å². The fourth-order valence-corrected chi connectivity index (χ4v) is 2.99. The van der Waals surface area contributed by atoms with Crippen LogP contribution in [0.25, 0.3) is 11.0 Å². The third-order valence-electron chi connectivity index (χ3n) is 3.72. The monoisotopic (exact) mass is 386 g/mol. The van der Waals surface area contributed by atoms with Crippen LogP contribution >= 0.6 is 15.9 Å². The number of rotatable bonds is 5. The van der Waals surface area contributed by atoms with Gasteiger partial charge >= 0.3 is 0 Å². The van der Waals surface area contributed by atoms with Crippen LogP contribution in [-0.4, -0.2) is 20.9 Å². The van der Waals surface area contributed by atoms with Gasteiger partial charge in [0.15, 0.2) is 0 Å². The summed E-state index contributed by atoms with van der Waals surface area (Å²) in [6.45, 7) is 4.25. The first-order chi connectivity index (χ1) is 11.5. The Balaban J connectivity index is 1.87. The Kier molecular flexibility index (Phi) is 4.94. The van der Waals surface area contributed by atoms with Crippen LogP contribution in [-0.2, 0) is 0 Å². The van der Waals surface area contributed by atoms with Gasteiger partial charge in [-0.1, -0.05) is 26.0 Å². The number of pyridine rings is 1. The van der Waals surface area contributed by atoms with Gasteiger partial charge in [0.05, 0.1) is 22.6 Å². The third-order valence-corrected chi connectivity index (χ3v) is 4.15. The number of amides is 1. The molecule has 0 fully saturated rings. The number of fused-ring (bicyclic) bond motifs is 1. The minimum atomic E-state index is -0.177. The molecule has 0 bridgehead atoms. The second-order valence-corrected chi connectivity index (χ2v) is 7.10. The van der Waals surface area contributed by atoms with E-state index >= 15 is 0 Å². The van der Waals surface area contributed by atoms with Crippen molar-refractivity contribution in [2.24, 2.45) is 5.92 Å². The molecule has 2 N–H and O–H groups in total. The highest BCUT2D eigenvalue weighted by Crippen LogP contribution is 2.22. The fourth-order valence-electron chi connectivity index (χ4n) is 2.63. The number of para-hydroxylation sites is 2. The average molecular weight is 387 g/mol. The molecule has 3 aromatic rings. The Bertz CT molecular complexity index is 826. The molecule has 5 nitrogen and oxygen atoms in total. The van der Waals surface area contributed by atoms with Crippen molar-refractivity contribution in [2.45, 2.75) is 26.3 Å². The van der Waals surface area contributed by atoms with E-state index < -0.39 is 0 Å². The lowest BCUT2D eigenvalue weighted by atomic mass is 10.0. The van der Waals surface area contributed by atoms with E-state index in [9.17, 15) is 4.79 Å². The van der Waals surface area contributed by atoms with E-state index in [1.54, 1.807) is 18.5 Å². The van der Waals surface area contributed by atoms with Crippen molar-refractivity contribution < 1.29 is 4.79 Å². The Morgan fingerprint density at radius 3 is 2.79 bits per heavy atom. The summed E-state index contributed by atoms with van der Waals surface area (Å²) in [7, 11) is 0. The Morgan fingerprint density at radius 2 is 2.08 bits per heavy atom. The summed E-state index contributed by atoms with van der Waals surface area (Å²) in [4.78, 5) is 24.6. The van der Waals surface area contributed by atoms with Crippen molar-refractivity contribution in [2.75, 3.05) is 0 Å². The lowest BCUT2D eigenvalue weighted by Crippen LogP contribution is -2.30. The Labute approximate surface area is 149 Å². The van der Waals surface area contributed by atoms with Crippen LogP contribution in [0.15, 0.2) is 47.2 Å². The third kappa shape index (κ3) is 3.82. The number of aromatic amines is 1. The number of hydrogen-bond acceptors (Lipinski definition) is 3. The molecule has 2 heterocycles. The summed E-state index contributed by atoms with van der Waals surface area (Å²) in [5.41, 5.74) is 2.40. The molecular weight excluding hydrogens is 368 g/mol. The van der Waals surface area contributed by atoms with E-state index in [2.05, 4.69) is 50.0 Å². The zero-order chi connectivity index (χ0) is 17.1. The molecule has 0 saturated carbocycles. The fraction of sp³-hybridized carbons (Fsp3) is 0.278. The zero-order valence-corrected chi connectivity index (χ0v) is 15.2. The lowest BCUT2D eigenvalue weighted by Gasteiger charge is -2.18. The van der Waals surface area contributed by atoms with Crippen LogP contribution in [0.5, 0.6) is 0 Å². The molecule has 1 amide bonds. The van der Waals surface area contributed by atoms with E-state index in [0.29, 0.717) is 11.5 Å². The molecule has 2 aromatic heterocycles. The van der Waals surface area contributed by atoms with E-state index in [4.69, 9.17) is 0 Å². The standard InChI is InChI=1S/C18H19BrN4O/c1-11(2)7-16(17-21-14-5-3-4-6-15(14)22-17)23-18(24)12-8-13(19)10-20-9-12/h3-6,8-11,16H,7H2,1-2H3,(H,21,22)(H,23,24). The number of carbonyl (C=O) groups excluding carboxylic acids is 1. The number of imidazole rings is 1. The van der Waals surface area contributed by atoms with Gasteiger partial charge < -0.3 is 10.3 Å². The first-order valence-electron chi connectivity index (χ1n) is 7.89. The Morgan fingerprint density at radius 1 is 1.29 bits per heavy atom. The summed E-state index contributed by atoms with van der Waals surface area (Å²) in [5, 5.41) is 3.08. The van der Waals surface area contributed by atoms with Crippen LogP contribution in [0, 0.1) is 5.92 Å². The molecule has 124 valence electrons. The maximum Gasteiger partial charge on any atom is 0.253 e. The molecule has 6 heteroatoms. The van der Waals surface area contributed by atoms with Crippen molar-refractivity contribution in [1.82, 2.24) is 20.3 Å². The second-order valence-electron chi connectivity index (χ2n) is 6.19. The van der Waals surface area contributed by atoms with Crippen molar-refractivity contribution >= 4 is 32.9 Å². The average Bonchev–Trinajstić information content (AvgIpc) is 2.97. The van der Waals surface area contributed by atoms with Crippen molar-refractivity contribution in [3.63, 3.8) is 0 Å². The summed E-state index contributed by atoms with van der Waals surface area (Å²) >= 11 is 3.34. The van der Waals surface area contributed by atoms with E-state index in [0.717, 1.165) is 27.8 Å². The van der Waals surface area contributed by atoms with Gasteiger partial charge in [0, 0.05) is 16.9 Å². The number of nitrogens with one attached hydrogen (secondary N) is 2. The molecule has 0 spiro atoms. The van der Waals surface area contributed by atoms with Crippen molar-refractivity contribution in [1.29, 1.82) is 0 Å². The normalized spacial score (nSPS) is 12.5. The van der Waals surface area contributed by atoms with Gasteiger partial charge in [0.25, 0.3) is 5.91 Å². The van der Waals surface area contributed by atoms with Crippen LogP contribution in [0.1, 0.15) is 42.5 Å². The molecule has 0 aliphatic rings. The Hall–Kier alpha value is -2.21. The topological polar surface area (TPSA) is 70.7 Å². The summed E-state index contributed by atoms with van der Waals surface area (Å²) < 4.78 is 0.777. The number of nitrogens with zero attached hydrogens (tertiary/aromatic N) is 2. The predicted molar refractivity (Wildman–Crippen MR) is 97.7 cm³/mol. The van der Waals surface area contributed by atoms with Gasteiger partial charge in [-0.05, 0) is 46.5 Å². The van der Waals surface area contributed by atoms with Crippen LogP contribution in [0.3, 0.4) is 0 Å². The molecule has 1 atom stereocenters. The minimum absolute atomic E-state index is 0.157. The minimum Gasteiger partial charge on any atom is -0.342 e. The second kappa shape index (κ2) is 7.13. The molecule has 0 aliphatic carbocycles. The number of benzene rings is 1. The first-order valence-corrected chi connectivity index (χ1v) is 8.68. The molecular formula is C18H19BrN4O. The maximum atomic E-state index is 12.6. The smallest absolute Gasteiger partial charge is 0.253 e. The first kappa shape index (κ1) is 16.6. The molecule has 1 unspecified atom stereocenters. The van der Waals surface area contributed by atoms with Gasteiger partial charge in [-0.2, -0.15) is 0 Å². The van der Waals surface area contributed by atoms with Crippen LogP contribution < -0.4 is 5.32 Å². The maximum absolute atomic E-state index is 12.6. The van der Waals surface area contributed by atoms with Crippen LogP contribution in [0.4, 0.5) is 0 Å². The van der Waals surface area contributed by atoms with Crippen molar-refractivity contribution in [3.05, 3.63) is 58.6 Å². The summed E-state index contributed by atoms with van der Waals surface area (Å²) in [6, 6.07) is 9.45.